The molecule has 15 heteroatoms. The molecule has 0 heterocycles. The van der Waals surface area contributed by atoms with Gasteiger partial charge in [-0.25, -0.2) is 0 Å². The van der Waals surface area contributed by atoms with Gasteiger partial charge in [0.1, 0.15) is 3.57 Å². The summed E-state index contributed by atoms with van der Waals surface area (Å²) in [7, 11) is -12.2. The van der Waals surface area contributed by atoms with Crippen molar-refractivity contribution in [3.8, 4) is 11.5 Å². The zero-order valence-corrected chi connectivity index (χ0v) is 13.9. The second-order valence-electron chi connectivity index (χ2n) is 3.53. The SMILES string of the molecule is O=S(=O)(Oc1cccc(OS(=O)(=O)C(F)(F)F)c1I)C(F)(F)F. The van der Waals surface area contributed by atoms with Gasteiger partial charge in [-0.3, -0.25) is 0 Å². The predicted octanol–water partition coefficient (Wildman–Crippen LogP) is 2.75. The van der Waals surface area contributed by atoms with Crippen molar-refractivity contribution in [2.45, 2.75) is 11.0 Å². The molecule has 23 heavy (non-hydrogen) atoms. The van der Waals surface area contributed by atoms with E-state index in [9.17, 15) is 43.2 Å². The number of rotatable bonds is 4. The first-order valence-electron chi connectivity index (χ1n) is 4.88. The highest BCUT2D eigenvalue weighted by atomic mass is 127. The Bertz CT molecular complexity index is 733. The van der Waals surface area contributed by atoms with Crippen molar-refractivity contribution in [1.82, 2.24) is 0 Å². The van der Waals surface area contributed by atoms with Gasteiger partial charge in [-0.1, -0.05) is 6.07 Å². The third-order valence-electron chi connectivity index (χ3n) is 1.89. The first-order chi connectivity index (χ1) is 10.1. The van der Waals surface area contributed by atoms with Gasteiger partial charge in [-0.05, 0) is 34.7 Å². The van der Waals surface area contributed by atoms with Crippen LogP contribution in [0.1, 0.15) is 0 Å². The van der Waals surface area contributed by atoms with Gasteiger partial charge in [0, 0.05) is 0 Å². The van der Waals surface area contributed by atoms with Crippen molar-refractivity contribution in [2.75, 3.05) is 0 Å². The number of benzene rings is 1. The van der Waals surface area contributed by atoms with E-state index in [1.54, 1.807) is 0 Å². The summed E-state index contributed by atoms with van der Waals surface area (Å²) in [5.74, 6) is -2.12. The fourth-order valence-electron chi connectivity index (χ4n) is 0.950. The summed E-state index contributed by atoms with van der Waals surface area (Å²) < 4.78 is 123. The van der Waals surface area contributed by atoms with Gasteiger partial charge < -0.3 is 8.37 Å². The maximum atomic E-state index is 12.2. The molecule has 132 valence electrons. The quantitative estimate of drug-likeness (QED) is 0.274. The Labute approximate surface area is 138 Å². The Morgan fingerprint density at radius 2 is 1.09 bits per heavy atom. The Balaban J connectivity index is 3.25. The molecule has 0 spiro atoms. The molecule has 0 fully saturated rings. The van der Waals surface area contributed by atoms with Crippen LogP contribution in [0, 0.1) is 3.57 Å². The van der Waals surface area contributed by atoms with E-state index in [1.807, 2.05) is 0 Å². The van der Waals surface area contributed by atoms with Gasteiger partial charge in [-0.15, -0.1) is 0 Å². The summed E-state index contributed by atoms with van der Waals surface area (Å²) in [4.78, 5) is 0. The van der Waals surface area contributed by atoms with E-state index < -0.39 is 46.3 Å². The Hall–Kier alpha value is -0.970. The van der Waals surface area contributed by atoms with E-state index in [1.165, 1.54) is 0 Å². The highest BCUT2D eigenvalue weighted by Gasteiger charge is 2.50. The van der Waals surface area contributed by atoms with Crippen LogP contribution in [0.15, 0.2) is 18.2 Å². The fourth-order valence-corrected chi connectivity index (χ4v) is 2.77. The lowest BCUT2D eigenvalue weighted by atomic mass is 10.3. The highest BCUT2D eigenvalue weighted by molar-refractivity contribution is 14.1. The average molecular weight is 500 g/mol. The van der Waals surface area contributed by atoms with E-state index in [2.05, 4.69) is 8.37 Å². The van der Waals surface area contributed by atoms with Crippen LogP contribution in [0.5, 0.6) is 11.5 Å². The molecule has 0 atom stereocenters. The van der Waals surface area contributed by atoms with Crippen LogP contribution in [0.2, 0.25) is 0 Å². The molecule has 0 saturated carbocycles. The summed E-state index contributed by atoms with van der Waals surface area (Å²) in [6.45, 7) is 0. The van der Waals surface area contributed by atoms with Gasteiger partial charge in [-0.2, -0.15) is 43.2 Å². The van der Waals surface area contributed by atoms with Crippen LogP contribution in [-0.2, 0) is 20.2 Å². The standard InChI is InChI=1S/C8H3F6IO6S2/c9-7(10,11)22(16,17)20-4-2-1-3-5(6(4)15)21-23(18,19)8(12,13)14/h1-3H. The van der Waals surface area contributed by atoms with Crippen molar-refractivity contribution in [1.29, 1.82) is 0 Å². The third kappa shape index (κ3) is 4.52. The predicted molar refractivity (Wildman–Crippen MR) is 70.4 cm³/mol. The van der Waals surface area contributed by atoms with Gasteiger partial charge in [0.15, 0.2) is 11.5 Å². The molecule has 0 unspecified atom stereocenters. The summed E-state index contributed by atoms with van der Waals surface area (Å²) in [5, 5.41) is 0. The first-order valence-corrected chi connectivity index (χ1v) is 8.78. The molecule has 0 N–H and O–H groups in total. The molecule has 0 aliphatic heterocycles. The summed E-state index contributed by atoms with van der Waals surface area (Å²) in [6, 6.07) is 2.07. The molecule has 0 saturated heterocycles. The largest absolute Gasteiger partial charge is 0.534 e. The smallest absolute Gasteiger partial charge is 0.375 e. The Morgan fingerprint density at radius 3 is 1.35 bits per heavy atom. The second-order valence-corrected chi connectivity index (χ2v) is 7.69. The van der Waals surface area contributed by atoms with E-state index in [-0.39, 0.29) is 0 Å². The van der Waals surface area contributed by atoms with Crippen LogP contribution in [0.4, 0.5) is 26.3 Å². The number of halogens is 7. The molecule has 6 nitrogen and oxygen atoms in total. The topological polar surface area (TPSA) is 86.7 Å². The first kappa shape index (κ1) is 20.1. The molecule has 1 aromatic rings. The van der Waals surface area contributed by atoms with Crippen molar-refractivity contribution in [3.63, 3.8) is 0 Å². The molecular formula is C8H3F6IO6S2. The van der Waals surface area contributed by atoms with Crippen molar-refractivity contribution in [3.05, 3.63) is 21.8 Å². The summed E-state index contributed by atoms with van der Waals surface area (Å²) in [6.07, 6.45) is 0. The molecule has 0 radical (unpaired) electrons. The van der Waals surface area contributed by atoms with Crippen molar-refractivity contribution >= 4 is 42.8 Å². The second kappa shape index (κ2) is 6.15. The number of hydrogen-bond acceptors (Lipinski definition) is 6. The molecular weight excluding hydrogens is 497 g/mol. The van der Waals surface area contributed by atoms with Crippen molar-refractivity contribution < 1.29 is 51.5 Å². The molecule has 0 aliphatic carbocycles. The molecule has 0 amide bonds. The minimum atomic E-state index is -6.09. The van der Waals surface area contributed by atoms with E-state index >= 15 is 0 Å². The maximum absolute atomic E-state index is 12.2. The lowest BCUT2D eigenvalue weighted by Crippen LogP contribution is -2.29. The summed E-state index contributed by atoms with van der Waals surface area (Å²) in [5.41, 5.74) is -11.6. The van der Waals surface area contributed by atoms with Crippen LogP contribution < -0.4 is 8.37 Å². The van der Waals surface area contributed by atoms with Gasteiger partial charge in [0.2, 0.25) is 0 Å². The Morgan fingerprint density at radius 1 is 0.783 bits per heavy atom. The minimum absolute atomic E-state index is 0.665. The number of alkyl halides is 6. The molecule has 1 rings (SSSR count). The number of hydrogen-bond donors (Lipinski definition) is 0. The monoisotopic (exact) mass is 500 g/mol. The van der Waals surface area contributed by atoms with Gasteiger partial charge in [0.05, 0.1) is 0 Å². The minimum Gasteiger partial charge on any atom is -0.375 e. The molecule has 0 aromatic heterocycles. The average Bonchev–Trinajstić information content (AvgIpc) is 2.31. The molecule has 1 aromatic carbocycles. The lowest BCUT2D eigenvalue weighted by molar-refractivity contribution is -0.0502. The van der Waals surface area contributed by atoms with Crippen molar-refractivity contribution in [2.24, 2.45) is 0 Å². The van der Waals surface area contributed by atoms with E-state index in [4.69, 9.17) is 0 Å². The molecule has 0 aliphatic rings. The van der Waals surface area contributed by atoms with Gasteiger partial charge >= 0.3 is 31.3 Å². The fraction of sp³-hybridized carbons (Fsp3) is 0.250. The highest BCUT2D eigenvalue weighted by Crippen LogP contribution is 2.36. The van der Waals surface area contributed by atoms with Crippen LogP contribution in [-0.4, -0.2) is 27.9 Å². The normalized spacial score (nSPS) is 13.7. The van der Waals surface area contributed by atoms with E-state index in [0.717, 1.165) is 28.7 Å². The summed E-state index contributed by atoms with van der Waals surface area (Å²) >= 11 is 1.06. The molecule has 0 bridgehead atoms. The zero-order valence-electron chi connectivity index (χ0n) is 10.1. The lowest BCUT2D eigenvalue weighted by Gasteiger charge is -2.14. The van der Waals surface area contributed by atoms with Crippen LogP contribution in [0.25, 0.3) is 0 Å². The van der Waals surface area contributed by atoms with Gasteiger partial charge in [0.25, 0.3) is 0 Å². The maximum Gasteiger partial charge on any atom is 0.534 e. The van der Waals surface area contributed by atoms with Crippen LogP contribution >= 0.6 is 22.6 Å². The zero-order chi connectivity index (χ0) is 18.3. The van der Waals surface area contributed by atoms with E-state index in [0.29, 0.717) is 12.1 Å². The van der Waals surface area contributed by atoms with Crippen LogP contribution in [0.3, 0.4) is 0 Å². The Kier molecular flexibility index (Phi) is 5.37. The third-order valence-corrected chi connectivity index (χ3v) is 4.89.